The van der Waals surface area contributed by atoms with Gasteiger partial charge >= 0.3 is 0 Å². The number of rotatable bonds is 7. The number of hydrogen-bond donors (Lipinski definition) is 0. The molecule has 0 radical (unpaired) electrons. The van der Waals surface area contributed by atoms with Gasteiger partial charge < -0.3 is 14.4 Å². The number of anilines is 3. The molecule has 0 saturated carbocycles. The van der Waals surface area contributed by atoms with Gasteiger partial charge in [-0.2, -0.15) is 0 Å². The highest BCUT2D eigenvalue weighted by Gasteiger charge is 2.53. The lowest BCUT2D eigenvalue weighted by Crippen LogP contribution is -2.77. The molecule has 0 unspecified atom stereocenters. The second-order valence-corrected chi connectivity index (χ2v) is 20.1. The van der Waals surface area contributed by atoms with Crippen LogP contribution in [0.15, 0.2) is 249 Å². The van der Waals surface area contributed by atoms with Crippen LogP contribution in [0.2, 0.25) is 0 Å². The van der Waals surface area contributed by atoms with Gasteiger partial charge in [-0.3, -0.25) is 0 Å². The molecule has 10 aromatic carbocycles. The van der Waals surface area contributed by atoms with Crippen molar-refractivity contribution < 1.29 is 9.47 Å². The fourth-order valence-corrected chi connectivity index (χ4v) is 15.0. The van der Waals surface area contributed by atoms with Crippen LogP contribution >= 0.6 is 0 Å². The third kappa shape index (κ3) is 6.35. The molecule has 0 fully saturated rings. The minimum Gasteiger partial charge on any atom is -0.458 e. The molecular formula is C60H41NO2Si. The maximum absolute atomic E-state index is 6.73. The minimum absolute atomic E-state index is 0.907. The Hall–Kier alpha value is -8.18. The van der Waals surface area contributed by atoms with Crippen LogP contribution in [0.1, 0.15) is 0 Å². The van der Waals surface area contributed by atoms with Crippen LogP contribution in [0.4, 0.5) is 17.1 Å². The van der Waals surface area contributed by atoms with Gasteiger partial charge in [-0.15, -0.1) is 0 Å². The Bertz CT molecular complexity index is 3210. The van der Waals surface area contributed by atoms with Gasteiger partial charge in [-0.25, -0.2) is 0 Å². The molecule has 0 amide bonds. The highest BCUT2D eigenvalue weighted by Crippen LogP contribution is 2.40. The molecule has 64 heavy (non-hydrogen) atoms. The highest BCUT2D eigenvalue weighted by atomic mass is 28.3. The van der Waals surface area contributed by atoms with Crippen molar-refractivity contribution in [1.82, 2.24) is 0 Å². The first-order valence-electron chi connectivity index (χ1n) is 21.8. The summed E-state index contributed by atoms with van der Waals surface area (Å²) in [5.74, 6) is 3.66. The van der Waals surface area contributed by atoms with Gasteiger partial charge in [0.2, 0.25) is 0 Å². The Morgan fingerprint density at radius 3 is 1.11 bits per heavy atom. The van der Waals surface area contributed by atoms with Crippen molar-refractivity contribution in [1.29, 1.82) is 0 Å². The molecule has 4 heteroatoms. The third-order valence-electron chi connectivity index (χ3n) is 12.8. The molecule has 10 aromatic rings. The van der Waals surface area contributed by atoms with E-state index in [1.54, 1.807) is 0 Å². The molecule has 0 aliphatic carbocycles. The zero-order valence-electron chi connectivity index (χ0n) is 34.9. The largest absolute Gasteiger partial charge is 0.458 e. The maximum Gasteiger partial charge on any atom is 0.196 e. The first-order valence-corrected chi connectivity index (χ1v) is 23.8. The first-order chi connectivity index (χ1) is 31.7. The van der Waals surface area contributed by atoms with E-state index in [0.717, 1.165) is 62.3 Å². The normalized spacial score (nSPS) is 12.8. The second-order valence-electron chi connectivity index (χ2n) is 16.4. The van der Waals surface area contributed by atoms with E-state index in [9.17, 15) is 0 Å². The van der Waals surface area contributed by atoms with Crippen LogP contribution in [0.25, 0.3) is 44.5 Å². The summed E-state index contributed by atoms with van der Waals surface area (Å²) < 4.78 is 13.3. The lowest BCUT2D eigenvalue weighted by Gasteiger charge is -2.43. The van der Waals surface area contributed by atoms with E-state index in [1.165, 1.54) is 43.0 Å². The summed E-state index contributed by atoms with van der Waals surface area (Å²) in [5.41, 5.74) is 12.7. The van der Waals surface area contributed by atoms with Gasteiger partial charge in [0.05, 0.1) is 0 Å². The molecule has 0 saturated heterocycles. The summed E-state index contributed by atoms with van der Waals surface area (Å²) in [5, 5.41) is 4.96. The van der Waals surface area contributed by atoms with E-state index in [1.807, 2.05) is 0 Å². The van der Waals surface area contributed by atoms with Gasteiger partial charge in [0.15, 0.2) is 8.07 Å². The summed E-state index contributed by atoms with van der Waals surface area (Å²) in [4.78, 5) is 2.33. The summed E-state index contributed by atoms with van der Waals surface area (Å²) in [6.07, 6.45) is 0. The fourth-order valence-electron chi connectivity index (χ4n) is 9.79. The molecular weight excluding hydrogens is 795 g/mol. The van der Waals surface area contributed by atoms with Crippen molar-refractivity contribution in [2.75, 3.05) is 4.90 Å². The quantitative estimate of drug-likeness (QED) is 0.149. The topological polar surface area (TPSA) is 21.7 Å². The highest BCUT2D eigenvalue weighted by molar-refractivity contribution is 7.21. The molecule has 1 spiro atoms. The summed E-state index contributed by atoms with van der Waals surface area (Å²) >= 11 is 0. The molecule has 0 bridgehead atoms. The Labute approximate surface area is 374 Å². The second kappa shape index (κ2) is 15.6. The number of hydrogen-bond acceptors (Lipinski definition) is 3. The zero-order chi connectivity index (χ0) is 42.5. The predicted molar refractivity (Wildman–Crippen MR) is 267 cm³/mol. The van der Waals surface area contributed by atoms with Crippen molar-refractivity contribution in [3.8, 4) is 67.5 Å². The van der Waals surface area contributed by atoms with Crippen LogP contribution in [0, 0.1) is 0 Å². The molecule has 2 aliphatic heterocycles. The van der Waals surface area contributed by atoms with Crippen LogP contribution in [0.3, 0.4) is 0 Å². The summed E-state index contributed by atoms with van der Waals surface area (Å²) in [6.45, 7) is 0. The number of ether oxygens (including phenoxy) is 2. The maximum atomic E-state index is 6.73. The van der Waals surface area contributed by atoms with E-state index in [4.69, 9.17) is 9.47 Å². The molecule has 0 aromatic heterocycles. The lowest BCUT2D eigenvalue weighted by atomic mass is 9.99. The minimum atomic E-state index is -2.84. The Kier molecular flexibility index (Phi) is 9.17. The number of benzene rings is 10. The van der Waals surface area contributed by atoms with Gasteiger partial charge in [0.25, 0.3) is 0 Å². The summed E-state index contributed by atoms with van der Waals surface area (Å²) in [6, 6.07) is 89.2. The average molecular weight is 836 g/mol. The van der Waals surface area contributed by atoms with Crippen LogP contribution in [-0.4, -0.2) is 8.07 Å². The van der Waals surface area contributed by atoms with Crippen molar-refractivity contribution in [2.24, 2.45) is 0 Å². The molecule has 2 heterocycles. The van der Waals surface area contributed by atoms with Crippen molar-refractivity contribution in [3.63, 3.8) is 0 Å². The molecule has 302 valence electrons. The van der Waals surface area contributed by atoms with Crippen molar-refractivity contribution >= 4 is 45.9 Å². The van der Waals surface area contributed by atoms with E-state index < -0.39 is 8.07 Å². The Balaban J connectivity index is 0.882. The van der Waals surface area contributed by atoms with E-state index in [2.05, 4.69) is 254 Å². The zero-order valence-corrected chi connectivity index (χ0v) is 35.9. The average Bonchev–Trinajstić information content (AvgIpc) is 3.37. The molecule has 2 aliphatic rings. The SMILES string of the molecule is c1ccc(-c2ccc(-c3ccc(N(c4ccccc4)c4cccc(-c5ccc(-c6ccc7c(c6)[Si]6(c8ccccc8Oc8ccccc86)c6ccccc6O7)cc5)c4)cc3)cc2)cc1. The van der Waals surface area contributed by atoms with Gasteiger partial charge in [0.1, 0.15) is 23.0 Å². The van der Waals surface area contributed by atoms with Crippen molar-refractivity contribution in [2.45, 2.75) is 0 Å². The Morgan fingerprint density at radius 1 is 0.234 bits per heavy atom. The predicted octanol–water partition coefficient (Wildman–Crippen LogP) is 13.4. The summed E-state index contributed by atoms with van der Waals surface area (Å²) in [7, 11) is -2.84. The molecule has 0 atom stereocenters. The fraction of sp³-hybridized carbons (Fsp3) is 0. The van der Waals surface area contributed by atoms with Gasteiger partial charge in [0, 0.05) is 17.1 Å². The number of fused-ring (bicyclic) bond motifs is 8. The van der Waals surface area contributed by atoms with Crippen LogP contribution in [0.5, 0.6) is 23.0 Å². The smallest absolute Gasteiger partial charge is 0.196 e. The van der Waals surface area contributed by atoms with Crippen LogP contribution < -0.4 is 35.1 Å². The van der Waals surface area contributed by atoms with Gasteiger partial charge in [-0.05, 0) is 126 Å². The van der Waals surface area contributed by atoms with Gasteiger partial charge in [-0.1, -0.05) is 188 Å². The van der Waals surface area contributed by atoms with E-state index in [-0.39, 0.29) is 0 Å². The van der Waals surface area contributed by atoms with E-state index in [0.29, 0.717) is 0 Å². The van der Waals surface area contributed by atoms with Crippen LogP contribution in [-0.2, 0) is 0 Å². The van der Waals surface area contributed by atoms with E-state index >= 15 is 0 Å². The number of para-hydroxylation sites is 4. The lowest BCUT2D eigenvalue weighted by molar-refractivity contribution is 0.481. The number of nitrogens with zero attached hydrogens (tertiary/aromatic N) is 1. The molecule has 0 N–H and O–H groups in total. The molecule has 3 nitrogen and oxygen atoms in total. The third-order valence-corrected chi connectivity index (χ3v) is 17.7. The monoisotopic (exact) mass is 835 g/mol. The first kappa shape index (κ1) is 37.6. The Morgan fingerprint density at radius 2 is 0.578 bits per heavy atom. The standard InChI is InChI=1S/C60H41NO2Si/c1-3-14-42(15-4-1)43-26-28-44(29-27-43)45-34-37-51(38-35-45)61(50-17-5-2-6-18-50)52-19-13-16-48(40-52)46-30-32-47(33-31-46)49-36-39-56-60(41-49)64(59-25-12-9-22-55(59)63-56)57-23-10-7-20-53(57)62-54-21-8-11-24-58(54)64/h1-41H. The van der Waals surface area contributed by atoms with Crippen molar-refractivity contribution in [3.05, 3.63) is 249 Å². The molecule has 12 rings (SSSR count).